The van der Waals surface area contributed by atoms with Crippen molar-refractivity contribution in [3.63, 3.8) is 0 Å². The first kappa shape index (κ1) is 17.3. The largest absolute Gasteiger partial charge is 0.333 e. The van der Waals surface area contributed by atoms with Gasteiger partial charge in [-0.15, -0.1) is 0 Å². The number of nitrogens with one attached hydrogen (secondary N) is 3. The number of benzene rings is 1. The van der Waals surface area contributed by atoms with Gasteiger partial charge in [0.1, 0.15) is 0 Å². The molecule has 7 heteroatoms. The van der Waals surface area contributed by atoms with E-state index in [1.165, 1.54) is 0 Å². The number of hydrogen-bond acceptors (Lipinski definition) is 3. The third-order valence-corrected chi connectivity index (χ3v) is 3.27. The number of halogens is 1. The van der Waals surface area contributed by atoms with Crippen molar-refractivity contribution in [1.82, 2.24) is 16.2 Å². The van der Waals surface area contributed by atoms with Gasteiger partial charge in [0.25, 0.3) is 5.91 Å². The number of carbonyl (C=O) groups excluding carboxylic acids is 2. The molecular formula is C14H21ClN4O2. The van der Waals surface area contributed by atoms with Crippen molar-refractivity contribution < 1.29 is 9.59 Å². The van der Waals surface area contributed by atoms with Crippen LogP contribution in [0.4, 0.5) is 4.79 Å². The number of hydrogen-bond donors (Lipinski definition) is 4. The van der Waals surface area contributed by atoms with E-state index < -0.39 is 18.0 Å². The number of urea groups is 1. The molecule has 0 spiro atoms. The van der Waals surface area contributed by atoms with E-state index in [1.54, 1.807) is 6.07 Å². The third kappa shape index (κ3) is 6.46. The Kier molecular flexibility index (Phi) is 7.56. The lowest BCUT2D eigenvalue weighted by Gasteiger charge is -2.13. The van der Waals surface area contributed by atoms with Gasteiger partial charge in [-0.3, -0.25) is 10.2 Å². The summed E-state index contributed by atoms with van der Waals surface area (Å²) < 4.78 is 0. The molecule has 0 saturated heterocycles. The lowest BCUT2D eigenvalue weighted by atomic mass is 10.1. The van der Waals surface area contributed by atoms with Crippen molar-refractivity contribution >= 4 is 23.5 Å². The van der Waals surface area contributed by atoms with Crippen LogP contribution in [-0.4, -0.2) is 18.0 Å². The minimum Gasteiger partial charge on any atom is -0.333 e. The fourth-order valence-electron chi connectivity index (χ4n) is 1.63. The van der Waals surface area contributed by atoms with E-state index in [2.05, 4.69) is 16.2 Å². The Morgan fingerprint density at radius 3 is 2.67 bits per heavy atom. The molecule has 0 bridgehead atoms. The van der Waals surface area contributed by atoms with Crippen LogP contribution < -0.4 is 21.9 Å². The van der Waals surface area contributed by atoms with Crippen LogP contribution in [0.5, 0.6) is 0 Å². The molecule has 3 amide bonds. The lowest BCUT2D eigenvalue weighted by molar-refractivity contribution is -0.123. The van der Waals surface area contributed by atoms with Gasteiger partial charge in [0.2, 0.25) is 0 Å². The Balaban J connectivity index is 2.28. The third-order valence-electron chi connectivity index (χ3n) is 2.90. The molecule has 0 radical (unpaired) electrons. The Bertz CT molecular complexity index is 482. The van der Waals surface area contributed by atoms with E-state index >= 15 is 0 Å². The van der Waals surface area contributed by atoms with Gasteiger partial charge in [0.05, 0.1) is 6.04 Å². The molecular weight excluding hydrogens is 292 g/mol. The smallest absolute Gasteiger partial charge is 0.333 e. The normalized spacial score (nSPS) is 11.6. The quantitative estimate of drug-likeness (QED) is 0.602. The number of hydrazine groups is 1. The van der Waals surface area contributed by atoms with Gasteiger partial charge in [-0.05, 0) is 18.1 Å². The minimum absolute atomic E-state index is 0.267. The maximum Gasteiger partial charge on any atom is 0.333 e. The molecule has 5 N–H and O–H groups in total. The average Bonchev–Trinajstić information content (AvgIpc) is 2.49. The Morgan fingerprint density at radius 1 is 1.29 bits per heavy atom. The molecule has 1 aromatic rings. The molecule has 0 unspecified atom stereocenters. The van der Waals surface area contributed by atoms with E-state index in [9.17, 15) is 9.59 Å². The highest BCUT2D eigenvalue weighted by Gasteiger charge is 2.13. The van der Waals surface area contributed by atoms with Gasteiger partial charge in [-0.25, -0.2) is 10.2 Å². The molecule has 21 heavy (non-hydrogen) atoms. The zero-order valence-electron chi connectivity index (χ0n) is 12.0. The predicted octanol–water partition coefficient (Wildman–Crippen LogP) is 1.69. The Labute approximate surface area is 129 Å². The molecule has 0 aromatic heterocycles. The van der Waals surface area contributed by atoms with Gasteiger partial charge in [0.15, 0.2) is 0 Å². The molecule has 0 heterocycles. The molecule has 0 aliphatic rings. The highest BCUT2D eigenvalue weighted by Crippen LogP contribution is 2.13. The van der Waals surface area contributed by atoms with Crippen molar-refractivity contribution in [3.05, 3.63) is 34.9 Å². The van der Waals surface area contributed by atoms with Crippen molar-refractivity contribution in [2.45, 2.75) is 38.8 Å². The average molecular weight is 313 g/mol. The summed E-state index contributed by atoms with van der Waals surface area (Å²) in [5.41, 5.74) is 11.0. The molecule has 0 saturated carbocycles. The van der Waals surface area contributed by atoms with Gasteiger partial charge in [-0.2, -0.15) is 0 Å². The zero-order valence-corrected chi connectivity index (χ0v) is 12.7. The van der Waals surface area contributed by atoms with Crippen molar-refractivity contribution in [2.75, 3.05) is 0 Å². The topological polar surface area (TPSA) is 96.2 Å². The molecule has 0 aliphatic heterocycles. The van der Waals surface area contributed by atoms with Crippen LogP contribution in [0, 0.1) is 0 Å². The second-order valence-electron chi connectivity index (χ2n) is 4.64. The molecule has 0 aliphatic carbocycles. The zero-order chi connectivity index (χ0) is 15.7. The summed E-state index contributed by atoms with van der Waals surface area (Å²) in [5, 5.41) is 3.16. The van der Waals surface area contributed by atoms with Crippen LogP contribution in [0.2, 0.25) is 5.02 Å². The highest BCUT2D eigenvalue weighted by atomic mass is 35.5. The number of carbonyl (C=O) groups is 2. The molecule has 0 fully saturated rings. The summed E-state index contributed by atoms with van der Waals surface area (Å²) in [7, 11) is 0. The fourth-order valence-corrected chi connectivity index (χ4v) is 1.83. The van der Waals surface area contributed by atoms with Crippen LogP contribution in [0.3, 0.4) is 0 Å². The van der Waals surface area contributed by atoms with E-state index in [1.807, 2.05) is 25.1 Å². The monoisotopic (exact) mass is 312 g/mol. The summed E-state index contributed by atoms with van der Waals surface area (Å²) in [5.74, 6) is -0.406. The van der Waals surface area contributed by atoms with Crippen LogP contribution >= 0.6 is 11.6 Å². The van der Waals surface area contributed by atoms with Crippen LogP contribution in [0.15, 0.2) is 24.3 Å². The fraction of sp³-hybridized carbons (Fsp3) is 0.429. The summed E-state index contributed by atoms with van der Waals surface area (Å²) in [6.45, 7) is 2.29. The highest BCUT2D eigenvalue weighted by molar-refractivity contribution is 6.31. The Morgan fingerprint density at radius 2 is 2.00 bits per heavy atom. The first-order chi connectivity index (χ1) is 10.0. The number of amides is 3. The van der Waals surface area contributed by atoms with Crippen molar-refractivity contribution in [3.8, 4) is 0 Å². The van der Waals surface area contributed by atoms with E-state index in [0.717, 1.165) is 18.4 Å². The first-order valence-electron chi connectivity index (χ1n) is 6.87. The predicted molar refractivity (Wildman–Crippen MR) is 82.5 cm³/mol. The summed E-state index contributed by atoms with van der Waals surface area (Å²) in [4.78, 5) is 23.1. The van der Waals surface area contributed by atoms with Gasteiger partial charge >= 0.3 is 6.03 Å². The number of nitrogens with two attached hydrogens (primary N) is 1. The molecule has 6 nitrogen and oxygen atoms in total. The Hall–Kier alpha value is -1.79. The van der Waals surface area contributed by atoms with Crippen LogP contribution in [0.1, 0.15) is 31.7 Å². The first-order valence-corrected chi connectivity index (χ1v) is 7.25. The van der Waals surface area contributed by atoms with E-state index in [4.69, 9.17) is 17.3 Å². The standard InChI is InChI=1S/C14H21ClN4O2/c1-2-3-8-12(16)13(20)18-19-14(21)17-9-10-6-4-5-7-11(10)15/h4-7,12H,2-3,8-9,16H2,1H3,(H,18,20)(H2,17,19,21)/t12-/m0/s1. The molecule has 1 rings (SSSR count). The number of unbranched alkanes of at least 4 members (excludes halogenated alkanes) is 1. The second-order valence-corrected chi connectivity index (χ2v) is 5.04. The van der Waals surface area contributed by atoms with E-state index in [-0.39, 0.29) is 6.54 Å². The maximum absolute atomic E-state index is 11.6. The van der Waals surface area contributed by atoms with Gasteiger partial charge in [0, 0.05) is 11.6 Å². The number of rotatable bonds is 6. The lowest BCUT2D eigenvalue weighted by Crippen LogP contribution is -2.51. The van der Waals surface area contributed by atoms with Gasteiger partial charge < -0.3 is 11.1 Å². The molecule has 1 atom stereocenters. The summed E-state index contributed by atoms with van der Waals surface area (Å²) in [6, 6.07) is 6.05. The molecule has 116 valence electrons. The van der Waals surface area contributed by atoms with Gasteiger partial charge in [-0.1, -0.05) is 49.6 Å². The summed E-state index contributed by atoms with van der Waals surface area (Å²) in [6.07, 6.45) is 2.42. The van der Waals surface area contributed by atoms with E-state index in [0.29, 0.717) is 11.4 Å². The SMILES string of the molecule is CCCC[C@H](N)C(=O)NNC(=O)NCc1ccccc1Cl. The van der Waals surface area contributed by atoms with Crippen LogP contribution in [0.25, 0.3) is 0 Å². The van der Waals surface area contributed by atoms with Crippen LogP contribution in [-0.2, 0) is 11.3 Å². The summed E-state index contributed by atoms with van der Waals surface area (Å²) >= 11 is 5.97. The second kappa shape index (κ2) is 9.20. The minimum atomic E-state index is -0.617. The van der Waals surface area contributed by atoms with Crippen molar-refractivity contribution in [2.24, 2.45) is 5.73 Å². The maximum atomic E-state index is 11.6. The van der Waals surface area contributed by atoms with Crippen molar-refractivity contribution in [1.29, 1.82) is 0 Å². The molecule has 1 aromatic carbocycles.